The zero-order chi connectivity index (χ0) is 22.3. The molecule has 0 spiro atoms. The number of halogens is 3. The quantitative estimate of drug-likeness (QED) is 0.572. The number of rotatable bonds is 4. The molecule has 0 radical (unpaired) electrons. The Morgan fingerprint density at radius 3 is 2.27 bits per heavy atom. The lowest BCUT2D eigenvalue weighted by molar-refractivity contribution is -0.274. The minimum absolute atomic E-state index is 0.0278. The molecular formula is C18H13F3N2O6S. The highest BCUT2D eigenvalue weighted by Crippen LogP contribution is 2.26. The number of carbonyl (C=O) groups is 1. The van der Waals surface area contributed by atoms with E-state index in [1.807, 2.05) is 0 Å². The van der Waals surface area contributed by atoms with Crippen molar-refractivity contribution in [2.45, 2.75) is 11.3 Å². The molecule has 3 aromatic rings. The summed E-state index contributed by atoms with van der Waals surface area (Å²) in [6, 6.07) is 8.37. The van der Waals surface area contributed by atoms with Gasteiger partial charge in [-0.1, -0.05) is 6.07 Å². The number of methoxy groups -OCH3 is 1. The van der Waals surface area contributed by atoms with Crippen molar-refractivity contribution < 1.29 is 35.9 Å². The van der Waals surface area contributed by atoms with Crippen LogP contribution in [0.4, 0.5) is 13.2 Å². The van der Waals surface area contributed by atoms with Gasteiger partial charge in [0.15, 0.2) is 9.84 Å². The topological polar surface area (TPSA) is 105 Å². The van der Waals surface area contributed by atoms with Crippen LogP contribution in [0.25, 0.3) is 16.6 Å². The molecule has 0 aliphatic rings. The summed E-state index contributed by atoms with van der Waals surface area (Å²) < 4.78 is 70.9. The molecule has 0 fully saturated rings. The lowest BCUT2D eigenvalue weighted by atomic mass is 10.2. The van der Waals surface area contributed by atoms with Crippen LogP contribution < -0.4 is 10.2 Å². The number of hydrogen-bond acceptors (Lipinski definition) is 7. The van der Waals surface area contributed by atoms with E-state index >= 15 is 0 Å². The van der Waals surface area contributed by atoms with Crippen molar-refractivity contribution >= 4 is 26.7 Å². The van der Waals surface area contributed by atoms with Crippen molar-refractivity contribution in [1.29, 1.82) is 0 Å². The number of hydrogen-bond donors (Lipinski definition) is 0. The molecule has 0 atom stereocenters. The van der Waals surface area contributed by atoms with Crippen LogP contribution in [-0.2, 0) is 14.6 Å². The van der Waals surface area contributed by atoms with E-state index in [-0.39, 0.29) is 21.5 Å². The molecule has 0 N–H and O–H groups in total. The second kappa shape index (κ2) is 7.44. The van der Waals surface area contributed by atoms with E-state index in [2.05, 4.69) is 14.6 Å². The molecule has 0 saturated carbocycles. The van der Waals surface area contributed by atoms with Crippen molar-refractivity contribution in [3.05, 3.63) is 58.4 Å². The van der Waals surface area contributed by atoms with Crippen molar-refractivity contribution in [1.82, 2.24) is 9.78 Å². The predicted molar refractivity (Wildman–Crippen MR) is 98.5 cm³/mol. The molecule has 30 heavy (non-hydrogen) atoms. The fourth-order valence-corrected chi connectivity index (χ4v) is 3.66. The number of alkyl halides is 3. The first-order valence-corrected chi connectivity index (χ1v) is 10.0. The second-order valence-corrected chi connectivity index (χ2v) is 8.03. The molecule has 1 aromatic heterocycles. The normalized spacial score (nSPS) is 12.0. The van der Waals surface area contributed by atoms with Gasteiger partial charge in [-0.05, 0) is 36.4 Å². The zero-order valence-electron chi connectivity index (χ0n) is 15.4. The van der Waals surface area contributed by atoms with Gasteiger partial charge in [0.05, 0.1) is 28.6 Å². The maximum Gasteiger partial charge on any atom is 0.573 e. The Kier molecular flexibility index (Phi) is 5.29. The standard InChI is InChI=1S/C18H13F3N2O6S/c1-28-17(25)15-16(24)14-12(4-3-5-13(14)30(2,26)27)23(22-15)10-6-8-11(9-7-10)29-18(19,20)21/h3-9H,1-2H3. The molecule has 0 saturated heterocycles. The summed E-state index contributed by atoms with van der Waals surface area (Å²) in [6.45, 7) is 0. The van der Waals surface area contributed by atoms with Crippen molar-refractivity contribution in [3.63, 3.8) is 0 Å². The summed E-state index contributed by atoms with van der Waals surface area (Å²) in [5.74, 6) is -1.60. The van der Waals surface area contributed by atoms with Gasteiger partial charge in [-0.2, -0.15) is 5.10 Å². The molecule has 0 aliphatic carbocycles. The van der Waals surface area contributed by atoms with Gasteiger partial charge in [0.2, 0.25) is 11.1 Å². The molecule has 0 unspecified atom stereocenters. The molecular weight excluding hydrogens is 429 g/mol. The van der Waals surface area contributed by atoms with E-state index in [0.29, 0.717) is 0 Å². The van der Waals surface area contributed by atoms with Crippen LogP contribution in [0.15, 0.2) is 52.2 Å². The lowest BCUT2D eigenvalue weighted by Gasteiger charge is -2.14. The van der Waals surface area contributed by atoms with Gasteiger partial charge in [0.25, 0.3) is 0 Å². The lowest BCUT2D eigenvalue weighted by Crippen LogP contribution is -2.24. The zero-order valence-corrected chi connectivity index (χ0v) is 16.2. The Morgan fingerprint density at radius 1 is 1.10 bits per heavy atom. The van der Waals surface area contributed by atoms with Gasteiger partial charge >= 0.3 is 12.3 Å². The highest BCUT2D eigenvalue weighted by atomic mass is 32.2. The molecule has 8 nitrogen and oxygen atoms in total. The third-order valence-corrected chi connectivity index (χ3v) is 5.11. The third-order valence-electron chi connectivity index (χ3n) is 3.97. The van der Waals surface area contributed by atoms with Crippen LogP contribution in [0.2, 0.25) is 0 Å². The largest absolute Gasteiger partial charge is 0.573 e. The minimum atomic E-state index is -4.88. The molecule has 3 rings (SSSR count). The number of carbonyl (C=O) groups excluding carboxylic acids is 1. The Bertz CT molecular complexity index is 1300. The summed E-state index contributed by atoms with van der Waals surface area (Å²) >= 11 is 0. The summed E-state index contributed by atoms with van der Waals surface area (Å²) in [5.41, 5.74) is -1.46. The van der Waals surface area contributed by atoms with Crippen LogP contribution in [0, 0.1) is 0 Å². The highest BCUT2D eigenvalue weighted by Gasteiger charge is 2.31. The molecule has 12 heteroatoms. The van der Waals surface area contributed by atoms with Crippen LogP contribution in [-0.4, -0.2) is 43.9 Å². The molecule has 0 amide bonds. The Balaban J connectivity index is 2.33. The van der Waals surface area contributed by atoms with Crippen LogP contribution in [0.1, 0.15) is 10.5 Å². The number of ether oxygens (including phenoxy) is 2. The predicted octanol–water partition coefficient (Wildman–Crippen LogP) is 2.47. The van der Waals surface area contributed by atoms with Gasteiger partial charge in [-0.25, -0.2) is 17.9 Å². The first-order valence-electron chi connectivity index (χ1n) is 8.13. The van der Waals surface area contributed by atoms with Gasteiger partial charge in [0, 0.05) is 6.26 Å². The Hall–Kier alpha value is -3.41. The van der Waals surface area contributed by atoms with Gasteiger partial charge in [-0.3, -0.25) is 4.79 Å². The highest BCUT2D eigenvalue weighted by molar-refractivity contribution is 7.91. The summed E-state index contributed by atoms with van der Waals surface area (Å²) in [7, 11) is -2.85. The van der Waals surface area contributed by atoms with E-state index in [4.69, 9.17) is 0 Å². The Labute approximate surface area is 167 Å². The smallest absolute Gasteiger partial charge is 0.464 e. The molecule has 0 aliphatic heterocycles. The van der Waals surface area contributed by atoms with Crippen LogP contribution in [0.5, 0.6) is 5.75 Å². The summed E-state index contributed by atoms with van der Waals surface area (Å²) in [5, 5.41) is 3.64. The molecule has 2 aromatic carbocycles. The van der Waals surface area contributed by atoms with E-state index in [9.17, 15) is 31.2 Å². The number of esters is 1. The SMILES string of the molecule is COC(=O)c1nn(-c2ccc(OC(F)(F)F)cc2)c2cccc(S(C)(=O)=O)c2c1=O. The maximum atomic E-state index is 12.8. The second-order valence-electron chi connectivity index (χ2n) is 6.05. The van der Waals surface area contributed by atoms with Crippen molar-refractivity contribution in [2.75, 3.05) is 13.4 Å². The van der Waals surface area contributed by atoms with E-state index < -0.39 is 39.0 Å². The first kappa shape index (κ1) is 21.3. The average molecular weight is 442 g/mol. The monoisotopic (exact) mass is 442 g/mol. The van der Waals surface area contributed by atoms with Crippen LogP contribution in [0.3, 0.4) is 0 Å². The van der Waals surface area contributed by atoms with E-state index in [0.717, 1.165) is 30.2 Å². The fourth-order valence-electron chi connectivity index (χ4n) is 2.77. The molecule has 0 bridgehead atoms. The number of benzene rings is 2. The maximum absolute atomic E-state index is 12.8. The summed E-state index contributed by atoms with van der Waals surface area (Å²) in [4.78, 5) is 24.5. The van der Waals surface area contributed by atoms with Gasteiger partial charge in [-0.15, -0.1) is 13.2 Å². The van der Waals surface area contributed by atoms with E-state index in [1.165, 1.54) is 30.3 Å². The number of fused-ring (bicyclic) bond motifs is 1. The average Bonchev–Trinajstić information content (AvgIpc) is 2.66. The first-order chi connectivity index (χ1) is 13.9. The number of sulfone groups is 1. The molecule has 1 heterocycles. The fraction of sp³-hybridized carbons (Fsp3) is 0.167. The summed E-state index contributed by atoms with van der Waals surface area (Å²) in [6.07, 6.45) is -3.99. The van der Waals surface area contributed by atoms with Gasteiger partial charge in [0.1, 0.15) is 5.75 Å². The van der Waals surface area contributed by atoms with Gasteiger partial charge < -0.3 is 9.47 Å². The van der Waals surface area contributed by atoms with Crippen LogP contribution >= 0.6 is 0 Å². The van der Waals surface area contributed by atoms with E-state index in [1.54, 1.807) is 0 Å². The minimum Gasteiger partial charge on any atom is -0.464 e. The molecule has 158 valence electrons. The Morgan fingerprint density at radius 2 is 1.73 bits per heavy atom. The van der Waals surface area contributed by atoms with Crippen molar-refractivity contribution in [3.8, 4) is 11.4 Å². The third kappa shape index (κ3) is 4.13. The van der Waals surface area contributed by atoms with Crippen molar-refractivity contribution in [2.24, 2.45) is 0 Å². The number of nitrogens with zero attached hydrogens (tertiary/aromatic N) is 2. The number of aromatic nitrogens is 2.